The van der Waals surface area contributed by atoms with E-state index in [1.807, 2.05) is 17.5 Å². The smallest absolute Gasteiger partial charge is 0.255 e. The molecule has 0 aliphatic rings. The van der Waals surface area contributed by atoms with Crippen LogP contribution in [0.1, 0.15) is 15.2 Å². The minimum atomic E-state index is -0.539. The van der Waals surface area contributed by atoms with Gasteiger partial charge in [-0.15, -0.1) is 11.3 Å². The van der Waals surface area contributed by atoms with Gasteiger partial charge in [0.1, 0.15) is 5.75 Å². The Hall–Kier alpha value is -2.34. The summed E-state index contributed by atoms with van der Waals surface area (Å²) in [6, 6.07) is 10.4. The zero-order valence-corrected chi connectivity index (χ0v) is 11.5. The van der Waals surface area contributed by atoms with Crippen molar-refractivity contribution in [3.05, 3.63) is 52.2 Å². The standard InChI is InChI=1S/C14H14N2O3S/c15-13(17)9-19-11-5-3-10(4-6-11)14(18)16-8-12-2-1-7-20-12/h1-7H,8-9H2,(H2,15,17)(H,16,18). The van der Waals surface area contributed by atoms with Gasteiger partial charge in [-0.3, -0.25) is 9.59 Å². The lowest BCUT2D eigenvalue weighted by atomic mass is 10.2. The molecule has 2 amide bonds. The average molecular weight is 290 g/mol. The molecule has 0 fully saturated rings. The Labute approximate surface area is 120 Å². The fraction of sp³-hybridized carbons (Fsp3) is 0.143. The molecule has 1 heterocycles. The number of benzene rings is 1. The Kier molecular flexibility index (Phi) is 4.73. The Morgan fingerprint density at radius 1 is 1.20 bits per heavy atom. The van der Waals surface area contributed by atoms with Gasteiger partial charge in [-0.25, -0.2) is 0 Å². The first-order valence-corrected chi connectivity index (χ1v) is 6.85. The summed E-state index contributed by atoms with van der Waals surface area (Å²) >= 11 is 1.59. The van der Waals surface area contributed by atoms with E-state index in [-0.39, 0.29) is 12.5 Å². The van der Waals surface area contributed by atoms with Gasteiger partial charge in [0.2, 0.25) is 0 Å². The van der Waals surface area contributed by atoms with E-state index in [9.17, 15) is 9.59 Å². The van der Waals surface area contributed by atoms with Crippen LogP contribution in [-0.2, 0) is 11.3 Å². The number of hydrogen-bond donors (Lipinski definition) is 2. The molecule has 20 heavy (non-hydrogen) atoms. The van der Waals surface area contributed by atoms with Crippen molar-refractivity contribution >= 4 is 23.2 Å². The second kappa shape index (κ2) is 6.72. The molecule has 0 saturated heterocycles. The third kappa shape index (κ3) is 4.10. The Morgan fingerprint density at radius 2 is 1.95 bits per heavy atom. The third-order valence-corrected chi connectivity index (χ3v) is 3.38. The normalized spacial score (nSPS) is 10.0. The highest BCUT2D eigenvalue weighted by Crippen LogP contribution is 2.13. The van der Waals surface area contributed by atoms with E-state index in [0.717, 1.165) is 4.88 Å². The highest BCUT2D eigenvalue weighted by Gasteiger charge is 2.06. The summed E-state index contributed by atoms with van der Waals surface area (Å²) < 4.78 is 5.12. The molecule has 2 rings (SSSR count). The molecule has 1 aromatic heterocycles. The van der Waals surface area contributed by atoms with E-state index in [2.05, 4.69) is 5.32 Å². The SMILES string of the molecule is NC(=O)COc1ccc(C(=O)NCc2cccs2)cc1. The number of nitrogens with one attached hydrogen (secondary N) is 1. The monoisotopic (exact) mass is 290 g/mol. The zero-order chi connectivity index (χ0) is 14.4. The predicted octanol–water partition coefficient (Wildman–Crippen LogP) is 1.54. The molecule has 6 heteroatoms. The van der Waals surface area contributed by atoms with Gasteiger partial charge in [0.25, 0.3) is 11.8 Å². The number of nitrogens with two attached hydrogens (primary N) is 1. The molecule has 0 saturated carbocycles. The van der Waals surface area contributed by atoms with Crippen molar-refractivity contribution in [2.24, 2.45) is 5.73 Å². The van der Waals surface area contributed by atoms with Gasteiger partial charge >= 0.3 is 0 Å². The van der Waals surface area contributed by atoms with Crippen LogP contribution in [0.5, 0.6) is 5.75 Å². The van der Waals surface area contributed by atoms with Crippen LogP contribution in [0.3, 0.4) is 0 Å². The van der Waals surface area contributed by atoms with Crippen molar-refractivity contribution < 1.29 is 14.3 Å². The van der Waals surface area contributed by atoms with Crippen LogP contribution in [0.25, 0.3) is 0 Å². The first kappa shape index (κ1) is 14.1. The van der Waals surface area contributed by atoms with Gasteiger partial charge in [-0.1, -0.05) is 6.07 Å². The van der Waals surface area contributed by atoms with Crippen molar-refractivity contribution in [1.82, 2.24) is 5.32 Å². The molecule has 104 valence electrons. The quantitative estimate of drug-likeness (QED) is 0.846. The first-order chi connectivity index (χ1) is 9.65. The van der Waals surface area contributed by atoms with Crippen LogP contribution in [0.2, 0.25) is 0 Å². The van der Waals surface area contributed by atoms with Crippen molar-refractivity contribution in [2.75, 3.05) is 6.61 Å². The topological polar surface area (TPSA) is 81.4 Å². The number of amides is 2. The molecule has 1 aromatic carbocycles. The van der Waals surface area contributed by atoms with Gasteiger partial charge in [0.15, 0.2) is 6.61 Å². The second-order valence-corrected chi connectivity index (χ2v) is 5.07. The summed E-state index contributed by atoms with van der Waals surface area (Å²) in [7, 11) is 0. The maximum absolute atomic E-state index is 11.9. The zero-order valence-electron chi connectivity index (χ0n) is 10.7. The molecule has 0 spiro atoms. The first-order valence-electron chi connectivity index (χ1n) is 5.97. The van der Waals surface area contributed by atoms with Crippen LogP contribution >= 0.6 is 11.3 Å². The van der Waals surface area contributed by atoms with Crippen molar-refractivity contribution in [2.45, 2.75) is 6.54 Å². The van der Waals surface area contributed by atoms with E-state index in [1.165, 1.54) is 0 Å². The van der Waals surface area contributed by atoms with Gasteiger partial charge in [0.05, 0.1) is 6.54 Å². The summed E-state index contributed by atoms with van der Waals surface area (Å²) in [6.07, 6.45) is 0. The molecule has 0 radical (unpaired) electrons. The van der Waals surface area contributed by atoms with Crippen molar-refractivity contribution in [1.29, 1.82) is 0 Å². The highest BCUT2D eigenvalue weighted by molar-refractivity contribution is 7.09. The molecule has 0 unspecified atom stereocenters. The van der Waals surface area contributed by atoms with E-state index in [0.29, 0.717) is 17.9 Å². The molecule has 3 N–H and O–H groups in total. The van der Waals surface area contributed by atoms with Crippen LogP contribution in [0, 0.1) is 0 Å². The number of carbonyl (C=O) groups is 2. The van der Waals surface area contributed by atoms with Crippen molar-refractivity contribution in [3.8, 4) is 5.75 Å². The third-order valence-electron chi connectivity index (χ3n) is 2.50. The van der Waals surface area contributed by atoms with Gasteiger partial charge in [-0.2, -0.15) is 0 Å². The summed E-state index contributed by atoms with van der Waals surface area (Å²) in [5.41, 5.74) is 5.51. The molecule has 0 aliphatic carbocycles. The highest BCUT2D eigenvalue weighted by atomic mass is 32.1. The lowest BCUT2D eigenvalue weighted by Crippen LogP contribution is -2.22. The number of primary amides is 1. The Morgan fingerprint density at radius 3 is 2.55 bits per heavy atom. The molecular formula is C14H14N2O3S. The van der Waals surface area contributed by atoms with Crippen LogP contribution in [-0.4, -0.2) is 18.4 Å². The minimum Gasteiger partial charge on any atom is -0.484 e. The lowest BCUT2D eigenvalue weighted by Gasteiger charge is -2.06. The Bertz CT molecular complexity index is 579. The predicted molar refractivity (Wildman–Crippen MR) is 76.6 cm³/mol. The largest absolute Gasteiger partial charge is 0.484 e. The van der Waals surface area contributed by atoms with Gasteiger partial charge < -0.3 is 15.8 Å². The molecule has 0 bridgehead atoms. The number of hydrogen-bond acceptors (Lipinski definition) is 4. The van der Waals surface area contributed by atoms with Crippen LogP contribution in [0.15, 0.2) is 41.8 Å². The van der Waals surface area contributed by atoms with Gasteiger partial charge in [0, 0.05) is 10.4 Å². The molecule has 2 aromatic rings. The molecule has 5 nitrogen and oxygen atoms in total. The van der Waals surface area contributed by atoms with Gasteiger partial charge in [-0.05, 0) is 35.7 Å². The maximum Gasteiger partial charge on any atom is 0.255 e. The minimum absolute atomic E-state index is 0.153. The number of ether oxygens (including phenoxy) is 1. The van der Waals surface area contributed by atoms with E-state index >= 15 is 0 Å². The van der Waals surface area contributed by atoms with Crippen LogP contribution < -0.4 is 15.8 Å². The van der Waals surface area contributed by atoms with E-state index in [4.69, 9.17) is 10.5 Å². The molecule has 0 aliphatic heterocycles. The summed E-state index contributed by atoms with van der Waals surface area (Å²) in [5.74, 6) is -0.193. The summed E-state index contributed by atoms with van der Waals surface area (Å²) in [4.78, 5) is 23.6. The van der Waals surface area contributed by atoms with E-state index < -0.39 is 5.91 Å². The van der Waals surface area contributed by atoms with E-state index in [1.54, 1.807) is 35.6 Å². The molecular weight excluding hydrogens is 276 g/mol. The maximum atomic E-state index is 11.9. The number of rotatable bonds is 6. The fourth-order valence-electron chi connectivity index (χ4n) is 1.54. The number of thiophene rings is 1. The summed E-state index contributed by atoms with van der Waals surface area (Å²) in [6.45, 7) is 0.334. The second-order valence-electron chi connectivity index (χ2n) is 4.04. The Balaban J connectivity index is 1.88. The molecule has 0 atom stereocenters. The van der Waals surface area contributed by atoms with Crippen LogP contribution in [0.4, 0.5) is 0 Å². The summed E-state index contributed by atoms with van der Waals surface area (Å²) in [5, 5.41) is 4.79. The lowest BCUT2D eigenvalue weighted by molar-refractivity contribution is -0.119. The fourth-order valence-corrected chi connectivity index (χ4v) is 2.18. The number of carbonyl (C=O) groups excluding carboxylic acids is 2. The van der Waals surface area contributed by atoms with Crippen molar-refractivity contribution in [3.63, 3.8) is 0 Å². The average Bonchev–Trinajstić information content (AvgIpc) is 2.96.